The van der Waals surface area contributed by atoms with Crippen LogP contribution in [0.15, 0.2) is 54.1 Å². The fraction of sp³-hybridized carbons (Fsp3) is 0.158. The Bertz CT molecular complexity index is 782. The summed E-state index contributed by atoms with van der Waals surface area (Å²) in [6.45, 7) is 4.08. The van der Waals surface area contributed by atoms with Crippen molar-refractivity contribution in [2.45, 2.75) is 20.3 Å². The molecule has 0 saturated carbocycles. The van der Waals surface area contributed by atoms with E-state index in [4.69, 9.17) is 0 Å². The topological polar surface area (TPSA) is 34.1 Å². The SMILES string of the molecule is Cc1ccc(CC2=CC(=O)c3ccccc3C2=O)c(C)c1. The molecule has 1 aliphatic carbocycles. The number of hydrogen-bond acceptors (Lipinski definition) is 2. The van der Waals surface area contributed by atoms with Gasteiger partial charge in [-0.15, -0.1) is 0 Å². The molecule has 0 atom stereocenters. The number of hydrogen-bond donors (Lipinski definition) is 0. The van der Waals surface area contributed by atoms with Crippen LogP contribution in [-0.4, -0.2) is 11.6 Å². The molecule has 2 nitrogen and oxygen atoms in total. The van der Waals surface area contributed by atoms with Gasteiger partial charge in [-0.05, 0) is 31.1 Å². The molecule has 0 amide bonds. The standard InChI is InChI=1S/C19H16O2/c1-12-7-8-14(13(2)9-12)10-15-11-18(20)16-5-3-4-6-17(16)19(15)21/h3-9,11H,10H2,1-2H3. The van der Waals surface area contributed by atoms with Crippen LogP contribution >= 0.6 is 0 Å². The zero-order chi connectivity index (χ0) is 15.0. The van der Waals surface area contributed by atoms with Crippen LogP contribution in [0, 0.1) is 13.8 Å². The van der Waals surface area contributed by atoms with E-state index in [-0.39, 0.29) is 11.6 Å². The molecule has 104 valence electrons. The van der Waals surface area contributed by atoms with Gasteiger partial charge in [0.25, 0.3) is 0 Å². The summed E-state index contributed by atoms with van der Waals surface area (Å²) in [6, 6.07) is 13.2. The first-order chi connectivity index (χ1) is 10.1. The Morgan fingerprint density at radius 3 is 2.33 bits per heavy atom. The van der Waals surface area contributed by atoms with Crippen molar-refractivity contribution in [2.24, 2.45) is 0 Å². The molecular weight excluding hydrogens is 260 g/mol. The number of carbonyl (C=O) groups excluding carboxylic acids is 2. The lowest BCUT2D eigenvalue weighted by molar-refractivity contribution is 0.0982. The zero-order valence-corrected chi connectivity index (χ0v) is 12.1. The molecule has 0 N–H and O–H groups in total. The molecule has 2 aromatic rings. The highest BCUT2D eigenvalue weighted by molar-refractivity contribution is 6.24. The van der Waals surface area contributed by atoms with Gasteiger partial charge in [0.15, 0.2) is 11.6 Å². The molecule has 1 aliphatic rings. The Balaban J connectivity index is 1.97. The highest BCUT2D eigenvalue weighted by Crippen LogP contribution is 2.24. The van der Waals surface area contributed by atoms with Crippen LogP contribution in [0.5, 0.6) is 0 Å². The lowest BCUT2D eigenvalue weighted by Crippen LogP contribution is -2.18. The van der Waals surface area contributed by atoms with E-state index in [1.165, 1.54) is 11.6 Å². The maximum absolute atomic E-state index is 12.5. The number of fused-ring (bicyclic) bond motifs is 1. The zero-order valence-electron chi connectivity index (χ0n) is 12.1. The molecule has 3 rings (SSSR count). The molecule has 0 aromatic heterocycles. The second kappa shape index (κ2) is 5.13. The van der Waals surface area contributed by atoms with Crippen molar-refractivity contribution < 1.29 is 9.59 Å². The minimum absolute atomic E-state index is 0.0369. The van der Waals surface area contributed by atoms with Crippen LogP contribution in [0.25, 0.3) is 0 Å². The predicted molar refractivity (Wildman–Crippen MR) is 82.8 cm³/mol. The Hall–Kier alpha value is -2.48. The lowest BCUT2D eigenvalue weighted by Gasteiger charge is -2.16. The average Bonchev–Trinajstić information content (AvgIpc) is 2.47. The second-order valence-corrected chi connectivity index (χ2v) is 5.52. The van der Waals surface area contributed by atoms with Crippen LogP contribution in [0.3, 0.4) is 0 Å². The average molecular weight is 276 g/mol. The predicted octanol–water partition coefficient (Wildman–Crippen LogP) is 3.85. The highest BCUT2D eigenvalue weighted by Gasteiger charge is 2.25. The van der Waals surface area contributed by atoms with Crippen molar-refractivity contribution in [3.05, 3.63) is 81.9 Å². The van der Waals surface area contributed by atoms with Crippen LogP contribution < -0.4 is 0 Å². The van der Waals surface area contributed by atoms with E-state index in [1.54, 1.807) is 24.3 Å². The molecule has 2 heteroatoms. The van der Waals surface area contributed by atoms with Crippen LogP contribution in [0.2, 0.25) is 0 Å². The van der Waals surface area contributed by atoms with Gasteiger partial charge in [0.1, 0.15) is 0 Å². The van der Waals surface area contributed by atoms with Crippen molar-refractivity contribution in [1.29, 1.82) is 0 Å². The Morgan fingerprint density at radius 1 is 0.905 bits per heavy atom. The van der Waals surface area contributed by atoms with Crippen molar-refractivity contribution in [1.82, 2.24) is 0 Å². The van der Waals surface area contributed by atoms with Gasteiger partial charge in [-0.1, -0.05) is 48.0 Å². The quantitative estimate of drug-likeness (QED) is 0.835. The number of carbonyl (C=O) groups is 2. The van der Waals surface area contributed by atoms with Gasteiger partial charge in [-0.25, -0.2) is 0 Å². The molecular formula is C19H16O2. The number of allylic oxidation sites excluding steroid dienone is 2. The van der Waals surface area contributed by atoms with Crippen molar-refractivity contribution in [3.8, 4) is 0 Å². The van der Waals surface area contributed by atoms with E-state index < -0.39 is 0 Å². The summed E-state index contributed by atoms with van der Waals surface area (Å²) >= 11 is 0. The highest BCUT2D eigenvalue weighted by atomic mass is 16.1. The molecule has 0 aliphatic heterocycles. The summed E-state index contributed by atoms with van der Waals surface area (Å²) in [5.41, 5.74) is 5.03. The Morgan fingerprint density at radius 2 is 1.62 bits per heavy atom. The van der Waals surface area contributed by atoms with Gasteiger partial charge in [0.2, 0.25) is 0 Å². The van der Waals surface area contributed by atoms with Crippen molar-refractivity contribution >= 4 is 11.6 Å². The number of aryl methyl sites for hydroxylation is 2. The molecule has 0 spiro atoms. The molecule has 2 aromatic carbocycles. The van der Waals surface area contributed by atoms with Gasteiger partial charge in [0.05, 0.1) is 0 Å². The van der Waals surface area contributed by atoms with E-state index >= 15 is 0 Å². The lowest BCUT2D eigenvalue weighted by atomic mass is 9.86. The fourth-order valence-electron chi connectivity index (χ4n) is 2.75. The summed E-state index contributed by atoms with van der Waals surface area (Å²) in [5, 5.41) is 0. The molecule has 0 bridgehead atoms. The first kappa shape index (κ1) is 13.5. The van der Waals surface area contributed by atoms with E-state index in [1.807, 2.05) is 26.0 Å². The maximum atomic E-state index is 12.5. The summed E-state index contributed by atoms with van der Waals surface area (Å²) in [5.74, 6) is -0.116. The molecule has 0 heterocycles. The van der Waals surface area contributed by atoms with Gasteiger partial charge >= 0.3 is 0 Å². The van der Waals surface area contributed by atoms with Gasteiger partial charge in [0, 0.05) is 23.1 Å². The van der Waals surface area contributed by atoms with Crippen molar-refractivity contribution in [2.75, 3.05) is 0 Å². The summed E-state index contributed by atoms with van der Waals surface area (Å²) in [7, 11) is 0. The van der Waals surface area contributed by atoms with Gasteiger partial charge < -0.3 is 0 Å². The van der Waals surface area contributed by atoms with E-state index in [0.717, 1.165) is 11.1 Å². The maximum Gasteiger partial charge on any atom is 0.190 e. The normalized spacial score (nSPS) is 13.9. The number of Topliss-reactive ketones (excluding diaryl/α,β-unsaturated/α-hetero) is 1. The van der Waals surface area contributed by atoms with Crippen LogP contribution in [0.1, 0.15) is 37.4 Å². The van der Waals surface area contributed by atoms with E-state index in [2.05, 4.69) is 6.07 Å². The molecule has 0 radical (unpaired) electrons. The van der Waals surface area contributed by atoms with Crippen LogP contribution in [-0.2, 0) is 6.42 Å². The minimum Gasteiger partial charge on any atom is -0.289 e. The molecule has 21 heavy (non-hydrogen) atoms. The Labute approximate surface area is 124 Å². The molecule has 0 unspecified atom stereocenters. The minimum atomic E-state index is -0.0787. The second-order valence-electron chi connectivity index (χ2n) is 5.52. The summed E-state index contributed by atoms with van der Waals surface area (Å²) < 4.78 is 0. The smallest absolute Gasteiger partial charge is 0.190 e. The summed E-state index contributed by atoms with van der Waals surface area (Å²) in [4.78, 5) is 24.7. The summed E-state index contributed by atoms with van der Waals surface area (Å²) in [6.07, 6.45) is 2.00. The van der Waals surface area contributed by atoms with Gasteiger partial charge in [-0.2, -0.15) is 0 Å². The third kappa shape index (κ3) is 2.45. The monoisotopic (exact) mass is 276 g/mol. The number of rotatable bonds is 2. The largest absolute Gasteiger partial charge is 0.289 e. The van der Waals surface area contributed by atoms with Gasteiger partial charge in [-0.3, -0.25) is 9.59 Å². The first-order valence-electron chi connectivity index (χ1n) is 7.01. The third-order valence-corrected chi connectivity index (χ3v) is 3.91. The fourth-order valence-corrected chi connectivity index (χ4v) is 2.75. The number of benzene rings is 2. The first-order valence-corrected chi connectivity index (χ1v) is 7.01. The molecule has 0 fully saturated rings. The van der Waals surface area contributed by atoms with E-state index in [9.17, 15) is 9.59 Å². The van der Waals surface area contributed by atoms with Crippen molar-refractivity contribution in [3.63, 3.8) is 0 Å². The third-order valence-electron chi connectivity index (χ3n) is 3.91. The molecule has 0 saturated heterocycles. The number of ketones is 2. The van der Waals surface area contributed by atoms with Crippen LogP contribution in [0.4, 0.5) is 0 Å². The Kier molecular flexibility index (Phi) is 3.30. The van der Waals surface area contributed by atoms with E-state index in [0.29, 0.717) is 23.1 Å².